The maximum absolute atomic E-state index is 12.7. The molecule has 154 valence electrons. The molecule has 0 N–H and O–H groups in total. The molecule has 0 aromatic carbocycles. The molecule has 1 aromatic rings. The minimum Gasteiger partial charge on any atom is -0.356 e. The van der Waals surface area contributed by atoms with Crippen LogP contribution in [0, 0.1) is 12.8 Å². The average molecular weight is 386 g/mol. The lowest BCUT2D eigenvalue weighted by Gasteiger charge is -2.37. The summed E-state index contributed by atoms with van der Waals surface area (Å²) in [5.41, 5.74) is 2.66. The number of likely N-dealkylation sites (N-methyl/N-ethyl adjacent to an activating group) is 1. The molecule has 2 aliphatic heterocycles. The van der Waals surface area contributed by atoms with Gasteiger partial charge in [-0.1, -0.05) is 6.92 Å². The molecule has 4 rings (SSSR count). The van der Waals surface area contributed by atoms with E-state index in [9.17, 15) is 4.79 Å². The van der Waals surface area contributed by atoms with Crippen LogP contribution < -0.4 is 4.90 Å². The first kappa shape index (κ1) is 19.6. The van der Waals surface area contributed by atoms with Gasteiger partial charge in [-0.05, 0) is 57.9 Å². The number of carbonyl (C=O) groups excluding carboxylic acids is 1. The molecular weight excluding hydrogens is 350 g/mol. The number of hydrogen-bond donors (Lipinski definition) is 0. The molecule has 0 spiro atoms. The predicted octanol–water partition coefficient (Wildman–Crippen LogP) is 2.43. The number of aryl methyl sites for hydroxylation is 2. The molecular formula is C22H35N5O. The van der Waals surface area contributed by atoms with Crippen molar-refractivity contribution in [2.24, 2.45) is 5.92 Å². The molecule has 3 aliphatic rings. The van der Waals surface area contributed by atoms with Crippen LogP contribution in [0.3, 0.4) is 0 Å². The van der Waals surface area contributed by atoms with Crippen LogP contribution in [0.5, 0.6) is 0 Å². The fourth-order valence-electron chi connectivity index (χ4n) is 4.99. The van der Waals surface area contributed by atoms with Gasteiger partial charge in [-0.15, -0.1) is 0 Å². The van der Waals surface area contributed by atoms with Crippen LogP contribution in [0.2, 0.25) is 0 Å². The Kier molecular flexibility index (Phi) is 6.14. The number of fused-ring (bicyclic) bond motifs is 1. The van der Waals surface area contributed by atoms with Crippen molar-refractivity contribution >= 4 is 11.7 Å². The predicted molar refractivity (Wildman–Crippen MR) is 112 cm³/mol. The van der Waals surface area contributed by atoms with Gasteiger partial charge in [0.1, 0.15) is 11.6 Å². The minimum absolute atomic E-state index is 0.365. The highest BCUT2D eigenvalue weighted by molar-refractivity contribution is 5.76. The van der Waals surface area contributed by atoms with E-state index in [-0.39, 0.29) is 0 Å². The summed E-state index contributed by atoms with van der Waals surface area (Å²) in [4.78, 5) is 29.2. The Morgan fingerprint density at radius 3 is 2.43 bits per heavy atom. The molecule has 0 bridgehead atoms. The van der Waals surface area contributed by atoms with E-state index in [0.717, 1.165) is 83.7 Å². The zero-order chi connectivity index (χ0) is 19.5. The van der Waals surface area contributed by atoms with E-state index in [2.05, 4.69) is 21.6 Å². The highest BCUT2D eigenvalue weighted by atomic mass is 16.2. The molecule has 6 heteroatoms. The van der Waals surface area contributed by atoms with Crippen molar-refractivity contribution < 1.29 is 4.79 Å². The Morgan fingerprint density at radius 2 is 1.71 bits per heavy atom. The summed E-state index contributed by atoms with van der Waals surface area (Å²) in [7, 11) is 0. The van der Waals surface area contributed by atoms with Crippen molar-refractivity contribution in [3.8, 4) is 0 Å². The molecule has 28 heavy (non-hydrogen) atoms. The van der Waals surface area contributed by atoms with Gasteiger partial charge < -0.3 is 14.7 Å². The standard InChI is InChI=1S/C22H35N5O/c1-3-25-12-14-26(15-13-25)21(28)16-18-8-10-27(11-9-18)22-19-6-4-5-7-20(19)23-17(2)24-22/h18H,3-16H2,1-2H3. The van der Waals surface area contributed by atoms with Crippen molar-refractivity contribution in [2.75, 3.05) is 50.7 Å². The Balaban J connectivity index is 1.32. The van der Waals surface area contributed by atoms with Gasteiger partial charge in [0, 0.05) is 56.9 Å². The Hall–Kier alpha value is -1.69. The van der Waals surface area contributed by atoms with Crippen LogP contribution in [0.1, 0.15) is 56.1 Å². The minimum atomic E-state index is 0.365. The smallest absolute Gasteiger partial charge is 0.222 e. The number of carbonyl (C=O) groups is 1. The highest BCUT2D eigenvalue weighted by Gasteiger charge is 2.28. The third-order valence-corrected chi connectivity index (χ3v) is 6.82. The maximum Gasteiger partial charge on any atom is 0.222 e. The zero-order valence-corrected chi connectivity index (χ0v) is 17.6. The van der Waals surface area contributed by atoms with E-state index in [0.29, 0.717) is 11.8 Å². The summed E-state index contributed by atoms with van der Waals surface area (Å²) < 4.78 is 0. The zero-order valence-electron chi connectivity index (χ0n) is 17.6. The van der Waals surface area contributed by atoms with Gasteiger partial charge in [0.05, 0.1) is 0 Å². The van der Waals surface area contributed by atoms with E-state index in [1.54, 1.807) is 0 Å². The Bertz CT molecular complexity index is 690. The van der Waals surface area contributed by atoms with Gasteiger partial charge in [0.2, 0.25) is 5.91 Å². The van der Waals surface area contributed by atoms with Crippen molar-refractivity contribution in [1.29, 1.82) is 0 Å². The molecule has 0 unspecified atom stereocenters. The molecule has 1 aromatic heterocycles. The SMILES string of the molecule is CCN1CCN(C(=O)CC2CCN(c3nc(C)nc4c3CCCC4)CC2)CC1. The van der Waals surface area contributed by atoms with Gasteiger partial charge in [-0.25, -0.2) is 9.97 Å². The molecule has 2 fully saturated rings. The summed E-state index contributed by atoms with van der Waals surface area (Å²) >= 11 is 0. The summed E-state index contributed by atoms with van der Waals surface area (Å²) in [6, 6.07) is 0. The lowest BCUT2D eigenvalue weighted by atomic mass is 9.91. The molecule has 2 saturated heterocycles. The largest absolute Gasteiger partial charge is 0.356 e. The first-order valence-electron chi connectivity index (χ1n) is 11.3. The Labute approximate surface area is 169 Å². The second-order valence-corrected chi connectivity index (χ2v) is 8.68. The lowest BCUT2D eigenvalue weighted by molar-refractivity contribution is -0.134. The first-order chi connectivity index (χ1) is 13.6. The number of amides is 1. The van der Waals surface area contributed by atoms with Crippen LogP contribution in [-0.4, -0.2) is 71.5 Å². The van der Waals surface area contributed by atoms with E-state index in [1.165, 1.54) is 29.9 Å². The number of hydrogen-bond acceptors (Lipinski definition) is 5. The number of piperidine rings is 1. The molecule has 6 nitrogen and oxygen atoms in total. The van der Waals surface area contributed by atoms with Gasteiger partial charge in [-0.2, -0.15) is 0 Å². The fourth-order valence-corrected chi connectivity index (χ4v) is 4.99. The summed E-state index contributed by atoms with van der Waals surface area (Å²) in [6.07, 6.45) is 7.63. The normalized spacial score (nSPS) is 21.6. The molecule has 0 radical (unpaired) electrons. The third-order valence-electron chi connectivity index (χ3n) is 6.82. The van der Waals surface area contributed by atoms with Crippen molar-refractivity contribution in [1.82, 2.24) is 19.8 Å². The number of piperazine rings is 1. The van der Waals surface area contributed by atoms with E-state index < -0.39 is 0 Å². The summed E-state index contributed by atoms with van der Waals surface area (Å²) in [5, 5.41) is 0. The molecule has 1 aliphatic carbocycles. The van der Waals surface area contributed by atoms with Crippen LogP contribution >= 0.6 is 0 Å². The second kappa shape index (κ2) is 8.76. The molecule has 0 saturated carbocycles. The Morgan fingerprint density at radius 1 is 1.00 bits per heavy atom. The maximum atomic E-state index is 12.7. The van der Waals surface area contributed by atoms with Gasteiger partial charge in [0.15, 0.2) is 0 Å². The third kappa shape index (κ3) is 4.32. The monoisotopic (exact) mass is 385 g/mol. The van der Waals surface area contributed by atoms with Crippen LogP contribution in [0.4, 0.5) is 5.82 Å². The van der Waals surface area contributed by atoms with E-state index >= 15 is 0 Å². The molecule has 1 amide bonds. The number of nitrogens with zero attached hydrogens (tertiary/aromatic N) is 5. The van der Waals surface area contributed by atoms with Crippen LogP contribution in [0.15, 0.2) is 0 Å². The second-order valence-electron chi connectivity index (χ2n) is 8.68. The average Bonchev–Trinajstić information content (AvgIpc) is 2.73. The van der Waals surface area contributed by atoms with E-state index in [1.807, 2.05) is 6.92 Å². The van der Waals surface area contributed by atoms with Crippen LogP contribution in [-0.2, 0) is 17.6 Å². The highest BCUT2D eigenvalue weighted by Crippen LogP contribution is 2.31. The van der Waals surface area contributed by atoms with Gasteiger partial charge >= 0.3 is 0 Å². The first-order valence-corrected chi connectivity index (χ1v) is 11.3. The number of rotatable bonds is 4. The topological polar surface area (TPSA) is 52.6 Å². The van der Waals surface area contributed by atoms with E-state index in [4.69, 9.17) is 9.97 Å². The van der Waals surface area contributed by atoms with Crippen molar-refractivity contribution in [3.05, 3.63) is 17.1 Å². The lowest BCUT2D eigenvalue weighted by Crippen LogP contribution is -2.49. The number of anilines is 1. The van der Waals surface area contributed by atoms with Gasteiger partial charge in [0.25, 0.3) is 0 Å². The van der Waals surface area contributed by atoms with Gasteiger partial charge in [-0.3, -0.25) is 4.79 Å². The fraction of sp³-hybridized carbons (Fsp3) is 0.773. The molecule has 0 atom stereocenters. The quantitative estimate of drug-likeness (QED) is 0.797. The number of aromatic nitrogens is 2. The molecule has 3 heterocycles. The summed E-state index contributed by atoms with van der Waals surface area (Å²) in [5.74, 6) is 2.97. The van der Waals surface area contributed by atoms with Crippen molar-refractivity contribution in [2.45, 2.75) is 58.8 Å². The van der Waals surface area contributed by atoms with Crippen LogP contribution in [0.25, 0.3) is 0 Å². The van der Waals surface area contributed by atoms with Crippen molar-refractivity contribution in [3.63, 3.8) is 0 Å². The summed E-state index contributed by atoms with van der Waals surface area (Å²) in [6.45, 7) is 11.2.